The molecule has 1 fully saturated rings. The van der Waals surface area contributed by atoms with Gasteiger partial charge in [-0.2, -0.15) is 0 Å². The molecule has 0 aliphatic carbocycles. The van der Waals surface area contributed by atoms with Crippen LogP contribution in [-0.2, 0) is 20.9 Å². The largest absolute Gasteiger partial charge is 0.444 e. The SMILES string of the molecule is CC(C)(CO)C[C@H]1C(=O)O[C@H](C(C)(C)C)N1C(=O)OCc1ccccc1. The molecular weight excluding hydrogens is 334 g/mol. The van der Waals surface area contributed by atoms with Crippen LogP contribution in [0.25, 0.3) is 0 Å². The average molecular weight is 363 g/mol. The van der Waals surface area contributed by atoms with Gasteiger partial charge < -0.3 is 14.6 Å². The number of cyclic esters (lactones) is 1. The van der Waals surface area contributed by atoms with E-state index in [0.717, 1.165) is 5.56 Å². The monoisotopic (exact) mass is 363 g/mol. The molecule has 1 amide bonds. The fourth-order valence-electron chi connectivity index (χ4n) is 2.90. The van der Waals surface area contributed by atoms with Gasteiger partial charge in [0, 0.05) is 12.0 Å². The molecule has 0 aromatic heterocycles. The number of benzene rings is 1. The third-order valence-corrected chi connectivity index (χ3v) is 4.42. The zero-order valence-corrected chi connectivity index (χ0v) is 16.2. The maximum atomic E-state index is 12.8. The van der Waals surface area contributed by atoms with E-state index < -0.39 is 35.2 Å². The Kier molecular flexibility index (Phi) is 5.96. The molecule has 1 aromatic rings. The predicted octanol–water partition coefficient (Wildman–Crippen LogP) is 3.33. The zero-order chi connectivity index (χ0) is 19.5. The molecule has 1 aromatic carbocycles. The summed E-state index contributed by atoms with van der Waals surface area (Å²) < 4.78 is 11.0. The lowest BCUT2D eigenvalue weighted by Gasteiger charge is -2.35. The maximum absolute atomic E-state index is 12.8. The third kappa shape index (κ3) is 4.75. The molecule has 1 saturated heterocycles. The number of nitrogens with zero attached hydrogens (tertiary/aromatic N) is 1. The second-order valence-electron chi connectivity index (χ2n) is 8.64. The van der Waals surface area contributed by atoms with Gasteiger partial charge in [-0.05, 0) is 17.4 Å². The Bertz CT molecular complexity index is 635. The van der Waals surface area contributed by atoms with Crippen molar-refractivity contribution in [3.8, 4) is 0 Å². The van der Waals surface area contributed by atoms with Crippen LogP contribution in [0.15, 0.2) is 30.3 Å². The van der Waals surface area contributed by atoms with Gasteiger partial charge in [0.1, 0.15) is 12.6 Å². The van der Waals surface area contributed by atoms with Crippen LogP contribution in [0, 0.1) is 10.8 Å². The highest BCUT2D eigenvalue weighted by atomic mass is 16.6. The van der Waals surface area contributed by atoms with Crippen LogP contribution >= 0.6 is 0 Å². The number of esters is 1. The van der Waals surface area contributed by atoms with Crippen molar-refractivity contribution in [3.05, 3.63) is 35.9 Å². The zero-order valence-electron chi connectivity index (χ0n) is 16.2. The van der Waals surface area contributed by atoms with Crippen molar-refractivity contribution in [1.82, 2.24) is 4.90 Å². The van der Waals surface area contributed by atoms with Crippen molar-refractivity contribution in [2.45, 2.75) is 59.9 Å². The Balaban J connectivity index is 2.21. The van der Waals surface area contributed by atoms with Gasteiger partial charge in [-0.15, -0.1) is 0 Å². The highest BCUT2D eigenvalue weighted by molar-refractivity contribution is 5.84. The Morgan fingerprint density at radius 3 is 2.35 bits per heavy atom. The summed E-state index contributed by atoms with van der Waals surface area (Å²) in [6.45, 7) is 9.43. The van der Waals surface area contributed by atoms with E-state index in [4.69, 9.17) is 9.47 Å². The molecule has 2 atom stereocenters. The summed E-state index contributed by atoms with van der Waals surface area (Å²) in [5, 5.41) is 9.56. The summed E-state index contributed by atoms with van der Waals surface area (Å²) in [6.07, 6.45) is -0.994. The topological polar surface area (TPSA) is 76.1 Å². The minimum absolute atomic E-state index is 0.0934. The normalized spacial score (nSPS) is 20.8. The lowest BCUT2D eigenvalue weighted by molar-refractivity contribution is -0.147. The second-order valence-corrected chi connectivity index (χ2v) is 8.64. The predicted molar refractivity (Wildman–Crippen MR) is 97.1 cm³/mol. The highest BCUT2D eigenvalue weighted by Crippen LogP contribution is 2.37. The van der Waals surface area contributed by atoms with Crippen LogP contribution in [0.5, 0.6) is 0 Å². The number of carbonyl (C=O) groups is 2. The molecular formula is C20H29NO5. The molecule has 0 spiro atoms. The summed E-state index contributed by atoms with van der Waals surface area (Å²) in [5.41, 5.74) is -0.111. The summed E-state index contributed by atoms with van der Waals surface area (Å²) in [6, 6.07) is 8.59. The Morgan fingerprint density at radius 2 is 1.81 bits per heavy atom. The minimum Gasteiger partial charge on any atom is -0.444 e. The fraction of sp³-hybridized carbons (Fsp3) is 0.600. The molecule has 0 radical (unpaired) electrons. The number of hydrogen-bond donors (Lipinski definition) is 1. The van der Waals surface area contributed by atoms with Crippen LogP contribution in [0.1, 0.15) is 46.6 Å². The van der Waals surface area contributed by atoms with Crippen molar-refractivity contribution in [2.75, 3.05) is 6.61 Å². The molecule has 1 aliphatic rings. The number of aliphatic hydroxyl groups is 1. The van der Waals surface area contributed by atoms with Crippen molar-refractivity contribution in [1.29, 1.82) is 0 Å². The van der Waals surface area contributed by atoms with Crippen LogP contribution in [-0.4, -0.2) is 40.9 Å². The van der Waals surface area contributed by atoms with Crippen LogP contribution in [0.4, 0.5) is 4.79 Å². The molecule has 1 heterocycles. The number of aliphatic hydroxyl groups excluding tert-OH is 1. The minimum atomic E-state index is -0.773. The first kappa shape index (κ1) is 20.2. The lowest BCUT2D eigenvalue weighted by Crippen LogP contribution is -2.49. The summed E-state index contributed by atoms with van der Waals surface area (Å²) in [4.78, 5) is 26.7. The van der Waals surface area contributed by atoms with Crippen LogP contribution < -0.4 is 0 Å². The number of hydrogen-bond acceptors (Lipinski definition) is 5. The van der Waals surface area contributed by atoms with Crippen molar-refractivity contribution < 1.29 is 24.2 Å². The quantitative estimate of drug-likeness (QED) is 0.812. The lowest BCUT2D eigenvalue weighted by atomic mass is 9.85. The first-order valence-electron chi connectivity index (χ1n) is 8.85. The van der Waals surface area contributed by atoms with Gasteiger partial charge in [0.15, 0.2) is 6.23 Å². The number of rotatable bonds is 5. The maximum Gasteiger partial charge on any atom is 0.413 e. The Labute approximate surface area is 155 Å². The van der Waals surface area contributed by atoms with Gasteiger partial charge in [0.25, 0.3) is 0 Å². The van der Waals surface area contributed by atoms with Gasteiger partial charge in [-0.1, -0.05) is 65.0 Å². The first-order chi connectivity index (χ1) is 12.0. The van der Waals surface area contributed by atoms with Gasteiger partial charge in [-0.25, -0.2) is 9.59 Å². The summed E-state index contributed by atoms with van der Waals surface area (Å²) in [5.74, 6) is -0.455. The smallest absolute Gasteiger partial charge is 0.413 e. The molecule has 6 nitrogen and oxygen atoms in total. The van der Waals surface area contributed by atoms with E-state index in [-0.39, 0.29) is 13.2 Å². The molecule has 26 heavy (non-hydrogen) atoms. The van der Waals surface area contributed by atoms with Gasteiger partial charge >= 0.3 is 12.1 Å². The van der Waals surface area contributed by atoms with Crippen molar-refractivity contribution in [2.24, 2.45) is 10.8 Å². The van der Waals surface area contributed by atoms with Gasteiger partial charge in [0.05, 0.1) is 0 Å². The molecule has 1 N–H and O–H groups in total. The Morgan fingerprint density at radius 1 is 1.19 bits per heavy atom. The van der Waals surface area contributed by atoms with E-state index in [1.807, 2.05) is 65.0 Å². The fourth-order valence-corrected chi connectivity index (χ4v) is 2.90. The number of ether oxygens (including phenoxy) is 2. The molecule has 0 saturated carbocycles. The second kappa shape index (κ2) is 7.66. The molecule has 0 unspecified atom stereocenters. The molecule has 2 rings (SSSR count). The van der Waals surface area contributed by atoms with Gasteiger partial charge in [-0.3, -0.25) is 4.90 Å². The van der Waals surface area contributed by atoms with E-state index in [1.54, 1.807) is 0 Å². The van der Waals surface area contributed by atoms with E-state index in [2.05, 4.69) is 0 Å². The average Bonchev–Trinajstić information content (AvgIpc) is 2.90. The van der Waals surface area contributed by atoms with Gasteiger partial charge in [0.2, 0.25) is 0 Å². The number of amides is 1. The molecule has 144 valence electrons. The molecule has 6 heteroatoms. The Hall–Kier alpha value is -2.08. The van der Waals surface area contributed by atoms with E-state index in [9.17, 15) is 14.7 Å². The molecule has 1 aliphatic heterocycles. The van der Waals surface area contributed by atoms with E-state index in [1.165, 1.54) is 4.90 Å². The van der Waals surface area contributed by atoms with Crippen molar-refractivity contribution in [3.63, 3.8) is 0 Å². The standard InChI is InChI=1S/C20H29NO5/c1-19(2,3)17-21(15(16(23)26-17)11-20(4,5)13-22)18(24)25-12-14-9-7-6-8-10-14/h6-10,15,17,22H,11-13H2,1-5H3/t15-,17+/m0/s1. The summed E-state index contributed by atoms with van der Waals surface area (Å²) >= 11 is 0. The van der Waals surface area contributed by atoms with E-state index in [0.29, 0.717) is 6.42 Å². The van der Waals surface area contributed by atoms with Crippen LogP contribution in [0.2, 0.25) is 0 Å². The molecule has 0 bridgehead atoms. The van der Waals surface area contributed by atoms with E-state index >= 15 is 0 Å². The van der Waals surface area contributed by atoms with Crippen LogP contribution in [0.3, 0.4) is 0 Å². The summed E-state index contributed by atoms with van der Waals surface area (Å²) in [7, 11) is 0. The third-order valence-electron chi connectivity index (χ3n) is 4.42. The first-order valence-corrected chi connectivity index (χ1v) is 8.85. The highest BCUT2D eigenvalue weighted by Gasteiger charge is 2.51. The van der Waals surface area contributed by atoms with Crippen molar-refractivity contribution >= 4 is 12.1 Å². The number of carbonyl (C=O) groups excluding carboxylic acids is 2.